The van der Waals surface area contributed by atoms with Gasteiger partial charge in [-0.3, -0.25) is 0 Å². The summed E-state index contributed by atoms with van der Waals surface area (Å²) in [6.07, 6.45) is 1.02. The SMILES string of the molecule is Cc1ccc(C(C)(C)C)cc1Cc1ccccc1. The van der Waals surface area contributed by atoms with Crippen molar-refractivity contribution in [2.75, 3.05) is 0 Å². The highest BCUT2D eigenvalue weighted by molar-refractivity contribution is 5.37. The van der Waals surface area contributed by atoms with Gasteiger partial charge in [0.1, 0.15) is 0 Å². The van der Waals surface area contributed by atoms with E-state index in [2.05, 4.69) is 76.2 Å². The van der Waals surface area contributed by atoms with Gasteiger partial charge in [-0.1, -0.05) is 69.3 Å². The molecule has 2 aromatic carbocycles. The molecule has 0 amide bonds. The second-order valence-electron chi connectivity index (χ2n) is 6.05. The van der Waals surface area contributed by atoms with Gasteiger partial charge in [0, 0.05) is 0 Å². The van der Waals surface area contributed by atoms with Crippen LogP contribution in [0.1, 0.15) is 43.0 Å². The second-order valence-corrected chi connectivity index (χ2v) is 6.05. The molecular formula is C18H22. The van der Waals surface area contributed by atoms with Gasteiger partial charge >= 0.3 is 0 Å². The Morgan fingerprint density at radius 3 is 2.17 bits per heavy atom. The van der Waals surface area contributed by atoms with Crippen molar-refractivity contribution in [3.8, 4) is 0 Å². The molecule has 0 aromatic heterocycles. The van der Waals surface area contributed by atoms with E-state index in [4.69, 9.17) is 0 Å². The molecule has 2 rings (SSSR count). The van der Waals surface area contributed by atoms with Gasteiger partial charge in [0.25, 0.3) is 0 Å². The first-order chi connectivity index (χ1) is 8.47. The standard InChI is InChI=1S/C18H22/c1-14-10-11-17(18(2,3)4)13-16(14)12-15-8-6-5-7-9-15/h5-11,13H,12H2,1-4H3. The van der Waals surface area contributed by atoms with Crippen molar-refractivity contribution in [1.82, 2.24) is 0 Å². The predicted molar refractivity (Wildman–Crippen MR) is 79.1 cm³/mol. The van der Waals surface area contributed by atoms with Crippen LogP contribution in [0.4, 0.5) is 0 Å². The van der Waals surface area contributed by atoms with E-state index in [1.807, 2.05) is 0 Å². The summed E-state index contributed by atoms with van der Waals surface area (Å²) in [5, 5.41) is 0. The van der Waals surface area contributed by atoms with Crippen LogP contribution in [0.3, 0.4) is 0 Å². The molecule has 18 heavy (non-hydrogen) atoms. The number of hydrogen-bond donors (Lipinski definition) is 0. The molecule has 0 heterocycles. The number of hydrogen-bond acceptors (Lipinski definition) is 0. The van der Waals surface area contributed by atoms with E-state index in [9.17, 15) is 0 Å². The van der Waals surface area contributed by atoms with Crippen LogP contribution >= 0.6 is 0 Å². The third-order valence-electron chi connectivity index (χ3n) is 3.45. The zero-order chi connectivity index (χ0) is 13.2. The maximum atomic E-state index is 2.36. The maximum absolute atomic E-state index is 2.36. The van der Waals surface area contributed by atoms with Gasteiger partial charge in [0.2, 0.25) is 0 Å². The Hall–Kier alpha value is -1.56. The van der Waals surface area contributed by atoms with Crippen LogP contribution in [0.15, 0.2) is 48.5 Å². The second kappa shape index (κ2) is 4.97. The van der Waals surface area contributed by atoms with Crippen molar-refractivity contribution < 1.29 is 0 Å². The fourth-order valence-corrected chi connectivity index (χ4v) is 2.14. The minimum atomic E-state index is 0.221. The van der Waals surface area contributed by atoms with Crippen molar-refractivity contribution in [3.05, 3.63) is 70.8 Å². The Labute approximate surface area is 111 Å². The lowest BCUT2D eigenvalue weighted by Crippen LogP contribution is -2.11. The number of aryl methyl sites for hydroxylation is 1. The average molecular weight is 238 g/mol. The lowest BCUT2D eigenvalue weighted by Gasteiger charge is -2.21. The molecule has 0 aliphatic heterocycles. The fraction of sp³-hybridized carbons (Fsp3) is 0.333. The lowest BCUT2D eigenvalue weighted by molar-refractivity contribution is 0.589. The van der Waals surface area contributed by atoms with Crippen LogP contribution in [0.5, 0.6) is 0 Å². The predicted octanol–water partition coefficient (Wildman–Crippen LogP) is 4.88. The molecule has 94 valence electrons. The highest BCUT2D eigenvalue weighted by Crippen LogP contribution is 2.25. The van der Waals surface area contributed by atoms with Gasteiger partial charge in [-0.15, -0.1) is 0 Å². The van der Waals surface area contributed by atoms with Crippen LogP contribution in [0.25, 0.3) is 0 Å². The van der Waals surface area contributed by atoms with Crippen molar-refractivity contribution in [2.24, 2.45) is 0 Å². The van der Waals surface area contributed by atoms with Crippen LogP contribution < -0.4 is 0 Å². The lowest BCUT2D eigenvalue weighted by atomic mass is 9.84. The molecule has 2 aromatic rings. The molecule has 0 saturated heterocycles. The van der Waals surface area contributed by atoms with Gasteiger partial charge in [-0.25, -0.2) is 0 Å². The van der Waals surface area contributed by atoms with Crippen molar-refractivity contribution in [3.63, 3.8) is 0 Å². The monoisotopic (exact) mass is 238 g/mol. The first-order valence-electron chi connectivity index (χ1n) is 6.61. The maximum Gasteiger partial charge on any atom is -0.00230 e. The third-order valence-corrected chi connectivity index (χ3v) is 3.45. The highest BCUT2D eigenvalue weighted by atomic mass is 14.2. The molecular weight excluding hydrogens is 216 g/mol. The molecule has 0 aliphatic carbocycles. The van der Waals surface area contributed by atoms with E-state index in [0.717, 1.165) is 6.42 Å². The Morgan fingerprint density at radius 2 is 1.56 bits per heavy atom. The molecule has 0 N–H and O–H groups in total. The molecule has 0 aliphatic rings. The molecule has 0 unspecified atom stereocenters. The summed E-state index contributed by atoms with van der Waals surface area (Å²) in [5.74, 6) is 0. The summed E-state index contributed by atoms with van der Waals surface area (Å²) in [6, 6.07) is 17.6. The summed E-state index contributed by atoms with van der Waals surface area (Å²) in [6.45, 7) is 9.00. The normalized spacial score (nSPS) is 11.6. The minimum Gasteiger partial charge on any atom is -0.0622 e. The quantitative estimate of drug-likeness (QED) is 0.699. The van der Waals surface area contributed by atoms with Crippen LogP contribution in [0.2, 0.25) is 0 Å². The molecule has 0 atom stereocenters. The first-order valence-corrected chi connectivity index (χ1v) is 6.61. The van der Waals surface area contributed by atoms with Crippen LogP contribution in [-0.2, 0) is 11.8 Å². The van der Waals surface area contributed by atoms with Crippen molar-refractivity contribution in [1.29, 1.82) is 0 Å². The molecule has 0 fully saturated rings. The molecule has 0 spiro atoms. The molecule has 0 saturated carbocycles. The zero-order valence-electron chi connectivity index (χ0n) is 11.8. The van der Waals surface area contributed by atoms with E-state index < -0.39 is 0 Å². The van der Waals surface area contributed by atoms with Crippen LogP contribution in [0, 0.1) is 6.92 Å². The number of rotatable bonds is 2. The van der Waals surface area contributed by atoms with Crippen LogP contribution in [-0.4, -0.2) is 0 Å². The Bertz CT molecular complexity index is 515. The Kier molecular flexibility index (Phi) is 3.56. The van der Waals surface area contributed by atoms with E-state index in [0.29, 0.717) is 0 Å². The Balaban J connectivity index is 2.33. The van der Waals surface area contributed by atoms with Gasteiger partial charge in [-0.05, 0) is 41.0 Å². The molecule has 0 nitrogen and oxygen atoms in total. The molecule has 0 bridgehead atoms. The summed E-state index contributed by atoms with van der Waals surface area (Å²) < 4.78 is 0. The van der Waals surface area contributed by atoms with Gasteiger partial charge in [0.05, 0.1) is 0 Å². The van der Waals surface area contributed by atoms with Crippen molar-refractivity contribution >= 4 is 0 Å². The van der Waals surface area contributed by atoms with E-state index in [-0.39, 0.29) is 5.41 Å². The summed E-state index contributed by atoms with van der Waals surface area (Å²) in [5.41, 5.74) is 5.84. The van der Waals surface area contributed by atoms with Gasteiger partial charge < -0.3 is 0 Å². The average Bonchev–Trinajstić information content (AvgIpc) is 2.32. The first kappa shape index (κ1) is 12.9. The van der Waals surface area contributed by atoms with Gasteiger partial charge in [-0.2, -0.15) is 0 Å². The van der Waals surface area contributed by atoms with Crippen molar-refractivity contribution in [2.45, 2.75) is 39.5 Å². The third kappa shape index (κ3) is 3.01. The topological polar surface area (TPSA) is 0 Å². The Morgan fingerprint density at radius 1 is 0.889 bits per heavy atom. The number of benzene rings is 2. The summed E-state index contributed by atoms with van der Waals surface area (Å²) in [7, 11) is 0. The largest absolute Gasteiger partial charge is 0.0622 e. The van der Waals surface area contributed by atoms with E-state index in [1.54, 1.807) is 0 Å². The summed E-state index contributed by atoms with van der Waals surface area (Å²) in [4.78, 5) is 0. The van der Waals surface area contributed by atoms with E-state index >= 15 is 0 Å². The highest BCUT2D eigenvalue weighted by Gasteiger charge is 2.14. The molecule has 0 radical (unpaired) electrons. The molecule has 0 heteroatoms. The smallest absolute Gasteiger partial charge is 0.00230 e. The van der Waals surface area contributed by atoms with Gasteiger partial charge in [0.15, 0.2) is 0 Å². The summed E-state index contributed by atoms with van der Waals surface area (Å²) >= 11 is 0. The zero-order valence-corrected chi connectivity index (χ0v) is 11.8. The fourth-order valence-electron chi connectivity index (χ4n) is 2.14. The minimum absolute atomic E-state index is 0.221. The van der Waals surface area contributed by atoms with E-state index in [1.165, 1.54) is 22.3 Å².